The minimum absolute atomic E-state index is 0.0222. The van der Waals surface area contributed by atoms with Gasteiger partial charge in [-0.15, -0.1) is 0 Å². The Labute approximate surface area is 147 Å². The van der Waals surface area contributed by atoms with Crippen LogP contribution in [0.25, 0.3) is 16.7 Å². The molecule has 130 valence electrons. The van der Waals surface area contributed by atoms with Crippen molar-refractivity contribution in [1.29, 1.82) is 0 Å². The second kappa shape index (κ2) is 5.99. The van der Waals surface area contributed by atoms with Gasteiger partial charge in [0.2, 0.25) is 0 Å². The fourth-order valence-corrected chi connectivity index (χ4v) is 2.84. The van der Waals surface area contributed by atoms with E-state index < -0.39 is 11.2 Å². The number of aromatic nitrogens is 4. The number of para-hydroxylation sites is 1. The number of anilines is 1. The number of nitrogens with two attached hydrogens (primary N) is 1. The second-order valence-electron chi connectivity index (χ2n) is 5.89. The second-order valence-corrected chi connectivity index (χ2v) is 5.89. The highest BCUT2D eigenvalue weighted by molar-refractivity contribution is 5.77. The Kier molecular flexibility index (Phi) is 3.65. The lowest BCUT2D eigenvalue weighted by atomic mass is 10.2. The summed E-state index contributed by atoms with van der Waals surface area (Å²) in [5, 5.41) is 4.09. The minimum atomic E-state index is -0.527. The molecule has 0 spiro atoms. The molecule has 0 fully saturated rings. The lowest BCUT2D eigenvalue weighted by Gasteiger charge is -2.13. The molecule has 26 heavy (non-hydrogen) atoms. The van der Waals surface area contributed by atoms with Crippen LogP contribution in [0.3, 0.4) is 0 Å². The maximum atomic E-state index is 13.1. The van der Waals surface area contributed by atoms with Crippen molar-refractivity contribution < 1.29 is 4.52 Å². The van der Waals surface area contributed by atoms with Gasteiger partial charge in [0.1, 0.15) is 5.82 Å². The van der Waals surface area contributed by atoms with Crippen molar-refractivity contribution in [3.63, 3.8) is 0 Å². The Bertz CT molecular complexity index is 1220. The third kappa shape index (κ3) is 2.57. The molecule has 2 N–H and O–H groups in total. The Balaban J connectivity index is 2.06. The first-order valence-corrected chi connectivity index (χ1v) is 7.94. The summed E-state index contributed by atoms with van der Waals surface area (Å²) in [6, 6.07) is 13.8. The van der Waals surface area contributed by atoms with Crippen molar-refractivity contribution >= 4 is 16.9 Å². The molecule has 0 amide bonds. The molecule has 0 aliphatic carbocycles. The van der Waals surface area contributed by atoms with Crippen molar-refractivity contribution in [3.05, 3.63) is 80.8 Å². The van der Waals surface area contributed by atoms with Crippen molar-refractivity contribution in [2.45, 2.75) is 13.5 Å². The molecule has 1 aromatic carbocycles. The molecule has 0 saturated carbocycles. The first kappa shape index (κ1) is 15.8. The number of aryl methyl sites for hydroxylation is 1. The van der Waals surface area contributed by atoms with Gasteiger partial charge in [0.15, 0.2) is 11.4 Å². The summed E-state index contributed by atoms with van der Waals surface area (Å²) in [5.41, 5.74) is 6.27. The highest BCUT2D eigenvalue weighted by Gasteiger charge is 2.17. The Morgan fingerprint density at radius 3 is 2.58 bits per heavy atom. The number of nitrogen functional groups attached to an aromatic ring is 1. The van der Waals surface area contributed by atoms with Crippen LogP contribution in [0, 0.1) is 6.92 Å². The van der Waals surface area contributed by atoms with Crippen LogP contribution in [0.4, 0.5) is 5.82 Å². The van der Waals surface area contributed by atoms with Crippen molar-refractivity contribution in [2.24, 2.45) is 0 Å². The molecule has 0 radical (unpaired) electrons. The SMILES string of the molecule is Cc1cc(Cn2c(=O)c3ccc(N)nc3n(-c3ccccc3)c2=O)on1. The van der Waals surface area contributed by atoms with Crippen LogP contribution >= 0.6 is 0 Å². The van der Waals surface area contributed by atoms with E-state index in [-0.39, 0.29) is 18.0 Å². The molecule has 8 nitrogen and oxygen atoms in total. The van der Waals surface area contributed by atoms with Gasteiger partial charge < -0.3 is 10.3 Å². The Hall–Kier alpha value is -3.68. The quantitative estimate of drug-likeness (QED) is 0.600. The third-order valence-corrected chi connectivity index (χ3v) is 4.01. The lowest BCUT2D eigenvalue weighted by Crippen LogP contribution is -2.40. The zero-order chi connectivity index (χ0) is 18.3. The molecule has 3 aromatic heterocycles. The maximum absolute atomic E-state index is 13.1. The number of hydrogen-bond donors (Lipinski definition) is 1. The summed E-state index contributed by atoms with van der Waals surface area (Å²) in [5.74, 6) is 0.647. The van der Waals surface area contributed by atoms with Gasteiger partial charge in [-0.25, -0.2) is 14.3 Å². The predicted molar refractivity (Wildman–Crippen MR) is 96.4 cm³/mol. The number of benzene rings is 1. The fourth-order valence-electron chi connectivity index (χ4n) is 2.84. The zero-order valence-corrected chi connectivity index (χ0v) is 13.9. The fraction of sp³-hybridized carbons (Fsp3) is 0.111. The van der Waals surface area contributed by atoms with Crippen LogP contribution in [0.5, 0.6) is 0 Å². The van der Waals surface area contributed by atoms with Crippen LogP contribution in [0.15, 0.2) is 62.6 Å². The average Bonchev–Trinajstić information content (AvgIpc) is 3.04. The molecule has 4 rings (SSSR count). The molecular weight excluding hydrogens is 334 g/mol. The van der Waals surface area contributed by atoms with Crippen LogP contribution in [-0.2, 0) is 6.54 Å². The van der Waals surface area contributed by atoms with Crippen LogP contribution in [0.1, 0.15) is 11.5 Å². The first-order chi connectivity index (χ1) is 12.5. The molecular formula is C18H15N5O3. The van der Waals surface area contributed by atoms with Crippen LogP contribution in [-0.4, -0.2) is 19.3 Å². The number of fused-ring (bicyclic) bond motifs is 1. The van der Waals surface area contributed by atoms with Gasteiger partial charge in [-0.05, 0) is 31.2 Å². The maximum Gasteiger partial charge on any atom is 0.337 e. The summed E-state index contributed by atoms with van der Waals surface area (Å²) >= 11 is 0. The van der Waals surface area contributed by atoms with E-state index >= 15 is 0 Å². The van der Waals surface area contributed by atoms with Gasteiger partial charge in [0, 0.05) is 6.07 Å². The van der Waals surface area contributed by atoms with E-state index in [0.717, 1.165) is 4.57 Å². The van der Waals surface area contributed by atoms with E-state index in [0.29, 0.717) is 22.5 Å². The van der Waals surface area contributed by atoms with E-state index in [9.17, 15) is 9.59 Å². The summed E-state index contributed by atoms with van der Waals surface area (Å²) in [6.07, 6.45) is 0. The molecule has 0 aliphatic rings. The number of pyridine rings is 1. The monoisotopic (exact) mass is 349 g/mol. The summed E-state index contributed by atoms with van der Waals surface area (Å²) in [4.78, 5) is 30.2. The summed E-state index contributed by atoms with van der Waals surface area (Å²) in [6.45, 7) is 1.75. The normalized spacial score (nSPS) is 11.1. The van der Waals surface area contributed by atoms with Crippen molar-refractivity contribution in [3.8, 4) is 5.69 Å². The van der Waals surface area contributed by atoms with Gasteiger partial charge in [0.05, 0.1) is 23.3 Å². The number of hydrogen-bond acceptors (Lipinski definition) is 6. The highest BCUT2D eigenvalue weighted by atomic mass is 16.5. The number of rotatable bonds is 3. The molecule has 0 atom stereocenters. The van der Waals surface area contributed by atoms with E-state index in [1.807, 2.05) is 6.07 Å². The molecule has 0 saturated heterocycles. The predicted octanol–water partition coefficient (Wildman–Crippen LogP) is 1.47. The molecule has 0 bridgehead atoms. The lowest BCUT2D eigenvalue weighted by molar-refractivity contribution is 0.369. The Morgan fingerprint density at radius 2 is 1.88 bits per heavy atom. The summed E-state index contributed by atoms with van der Waals surface area (Å²) < 4.78 is 7.64. The smallest absolute Gasteiger partial charge is 0.337 e. The van der Waals surface area contributed by atoms with Crippen LogP contribution in [0.2, 0.25) is 0 Å². The minimum Gasteiger partial charge on any atom is -0.384 e. The molecule has 0 aliphatic heterocycles. The largest absolute Gasteiger partial charge is 0.384 e. The highest BCUT2D eigenvalue weighted by Crippen LogP contribution is 2.14. The molecule has 4 aromatic rings. The van der Waals surface area contributed by atoms with Gasteiger partial charge >= 0.3 is 5.69 Å². The van der Waals surface area contributed by atoms with Crippen LogP contribution < -0.4 is 17.0 Å². The van der Waals surface area contributed by atoms with Gasteiger partial charge in [-0.1, -0.05) is 23.4 Å². The zero-order valence-electron chi connectivity index (χ0n) is 13.9. The first-order valence-electron chi connectivity index (χ1n) is 7.94. The number of nitrogens with zero attached hydrogens (tertiary/aromatic N) is 4. The third-order valence-electron chi connectivity index (χ3n) is 4.01. The topological polar surface area (TPSA) is 109 Å². The summed E-state index contributed by atoms with van der Waals surface area (Å²) in [7, 11) is 0. The molecule has 3 heterocycles. The van der Waals surface area contributed by atoms with Gasteiger partial charge in [-0.2, -0.15) is 0 Å². The van der Waals surface area contributed by atoms with E-state index in [1.165, 1.54) is 10.6 Å². The van der Waals surface area contributed by atoms with E-state index in [1.54, 1.807) is 43.3 Å². The van der Waals surface area contributed by atoms with E-state index in [2.05, 4.69) is 10.1 Å². The molecule has 8 heteroatoms. The van der Waals surface area contributed by atoms with Gasteiger partial charge in [0.25, 0.3) is 5.56 Å². The Morgan fingerprint density at radius 1 is 1.12 bits per heavy atom. The average molecular weight is 349 g/mol. The van der Waals surface area contributed by atoms with Crippen molar-refractivity contribution in [2.75, 3.05) is 5.73 Å². The van der Waals surface area contributed by atoms with E-state index in [4.69, 9.17) is 10.3 Å². The standard InChI is InChI=1S/C18H15N5O3/c1-11-9-13(26-21-11)10-22-17(24)14-7-8-15(19)20-16(14)23(18(22)25)12-5-3-2-4-6-12/h2-9H,10H2,1H3,(H2,19,20). The molecule has 0 unspecified atom stereocenters. The van der Waals surface area contributed by atoms with Gasteiger partial charge in [-0.3, -0.25) is 9.36 Å². The van der Waals surface area contributed by atoms with Crippen molar-refractivity contribution in [1.82, 2.24) is 19.3 Å².